The fourth-order valence-electron chi connectivity index (χ4n) is 2.45. The molecule has 1 aromatic carbocycles. The van der Waals surface area contributed by atoms with Crippen LogP contribution >= 0.6 is 0 Å². The number of carboxylic acids is 1. The van der Waals surface area contributed by atoms with Crippen molar-refractivity contribution in [3.63, 3.8) is 0 Å². The maximum absolute atomic E-state index is 13.2. The Hall–Kier alpha value is -2.51. The topological polar surface area (TPSA) is 110 Å². The zero-order valence-corrected chi connectivity index (χ0v) is 11.0. The SMILES string of the molecule is O=C(NC1(C(=O)O)CCCC1)c1ccc(F)c([N+](=O)[O-])c1. The van der Waals surface area contributed by atoms with Gasteiger partial charge in [-0.3, -0.25) is 14.9 Å². The zero-order chi connectivity index (χ0) is 15.6. The number of nitrogens with zero attached hydrogens (tertiary/aromatic N) is 1. The number of hydrogen-bond acceptors (Lipinski definition) is 4. The minimum absolute atomic E-state index is 0.143. The first-order chi connectivity index (χ1) is 9.85. The first kappa shape index (κ1) is 14.9. The Labute approximate surface area is 118 Å². The van der Waals surface area contributed by atoms with Crippen LogP contribution in [0.5, 0.6) is 0 Å². The summed E-state index contributed by atoms with van der Waals surface area (Å²) in [5, 5.41) is 22.3. The highest BCUT2D eigenvalue weighted by molar-refractivity contribution is 5.98. The molecule has 0 heterocycles. The van der Waals surface area contributed by atoms with E-state index in [1.54, 1.807) is 0 Å². The van der Waals surface area contributed by atoms with Gasteiger partial charge in [-0.1, -0.05) is 12.8 Å². The first-order valence-electron chi connectivity index (χ1n) is 6.35. The number of aliphatic carboxylic acids is 1. The number of halogens is 1. The Kier molecular flexibility index (Phi) is 3.88. The number of nitrogens with one attached hydrogen (secondary N) is 1. The maximum Gasteiger partial charge on any atom is 0.329 e. The van der Waals surface area contributed by atoms with E-state index in [1.165, 1.54) is 0 Å². The summed E-state index contributed by atoms with van der Waals surface area (Å²) in [5.74, 6) is -2.95. The van der Waals surface area contributed by atoms with Crippen molar-refractivity contribution >= 4 is 17.6 Å². The minimum atomic E-state index is -1.35. The molecule has 0 unspecified atom stereocenters. The fraction of sp³-hybridized carbons (Fsp3) is 0.385. The van der Waals surface area contributed by atoms with Crippen LogP contribution in [0, 0.1) is 15.9 Å². The van der Waals surface area contributed by atoms with Crippen LogP contribution in [0.2, 0.25) is 0 Å². The molecule has 7 nitrogen and oxygen atoms in total. The van der Waals surface area contributed by atoms with Gasteiger partial charge in [-0.15, -0.1) is 0 Å². The summed E-state index contributed by atoms with van der Waals surface area (Å²) in [6.45, 7) is 0. The molecular formula is C13H13FN2O5. The summed E-state index contributed by atoms with van der Waals surface area (Å²) in [7, 11) is 0. The maximum atomic E-state index is 13.2. The molecule has 1 aliphatic carbocycles. The van der Waals surface area contributed by atoms with Crippen LogP contribution in [-0.2, 0) is 4.79 Å². The van der Waals surface area contributed by atoms with Gasteiger partial charge in [-0.25, -0.2) is 4.79 Å². The molecule has 1 amide bonds. The summed E-state index contributed by atoms with van der Waals surface area (Å²) in [6, 6.07) is 2.70. The van der Waals surface area contributed by atoms with Crippen LogP contribution in [-0.4, -0.2) is 27.4 Å². The van der Waals surface area contributed by atoms with E-state index in [1.807, 2.05) is 0 Å². The molecule has 0 radical (unpaired) electrons. The molecule has 0 aliphatic heterocycles. The second-order valence-corrected chi connectivity index (χ2v) is 4.97. The number of carbonyl (C=O) groups excluding carboxylic acids is 1. The Morgan fingerprint density at radius 2 is 1.95 bits per heavy atom. The van der Waals surface area contributed by atoms with Crippen LogP contribution in [0.3, 0.4) is 0 Å². The molecule has 1 aliphatic rings. The lowest BCUT2D eigenvalue weighted by Crippen LogP contribution is -2.52. The van der Waals surface area contributed by atoms with Crippen molar-refractivity contribution in [3.8, 4) is 0 Å². The van der Waals surface area contributed by atoms with Gasteiger partial charge in [-0.2, -0.15) is 4.39 Å². The largest absolute Gasteiger partial charge is 0.480 e. The third kappa shape index (κ3) is 2.83. The van der Waals surface area contributed by atoms with Gasteiger partial charge >= 0.3 is 11.7 Å². The van der Waals surface area contributed by atoms with Crippen LogP contribution in [0.15, 0.2) is 18.2 Å². The molecule has 2 N–H and O–H groups in total. The van der Waals surface area contributed by atoms with Gasteiger partial charge in [0.15, 0.2) is 0 Å². The predicted molar refractivity (Wildman–Crippen MR) is 69.4 cm³/mol. The summed E-state index contributed by atoms with van der Waals surface area (Å²) in [6.07, 6.45) is 1.96. The third-order valence-electron chi connectivity index (χ3n) is 3.62. The first-order valence-corrected chi connectivity index (χ1v) is 6.35. The van der Waals surface area contributed by atoms with Gasteiger partial charge in [0.05, 0.1) is 4.92 Å². The van der Waals surface area contributed by atoms with Crippen LogP contribution < -0.4 is 5.32 Å². The monoisotopic (exact) mass is 296 g/mol. The van der Waals surface area contributed by atoms with Gasteiger partial charge < -0.3 is 10.4 Å². The lowest BCUT2D eigenvalue weighted by molar-refractivity contribution is -0.387. The van der Waals surface area contributed by atoms with E-state index in [0.29, 0.717) is 25.7 Å². The molecule has 0 spiro atoms. The molecule has 1 saturated carbocycles. The van der Waals surface area contributed by atoms with Crippen molar-refractivity contribution in [2.45, 2.75) is 31.2 Å². The molecule has 21 heavy (non-hydrogen) atoms. The Morgan fingerprint density at radius 3 is 2.48 bits per heavy atom. The van der Waals surface area contributed by atoms with Gasteiger partial charge in [0.2, 0.25) is 5.82 Å². The highest BCUT2D eigenvalue weighted by atomic mass is 19.1. The van der Waals surface area contributed by atoms with E-state index in [4.69, 9.17) is 0 Å². The Bertz CT molecular complexity index is 611. The average molecular weight is 296 g/mol. The minimum Gasteiger partial charge on any atom is -0.480 e. The van der Waals surface area contributed by atoms with Gasteiger partial charge in [0, 0.05) is 11.6 Å². The number of carbonyl (C=O) groups is 2. The van der Waals surface area contributed by atoms with Crippen molar-refractivity contribution in [2.75, 3.05) is 0 Å². The van der Waals surface area contributed by atoms with E-state index in [0.717, 1.165) is 18.2 Å². The number of nitro benzene ring substituents is 1. The normalized spacial score (nSPS) is 16.4. The highest BCUT2D eigenvalue weighted by Crippen LogP contribution is 2.30. The molecule has 0 saturated heterocycles. The fourth-order valence-corrected chi connectivity index (χ4v) is 2.45. The lowest BCUT2D eigenvalue weighted by Gasteiger charge is -2.25. The van der Waals surface area contributed by atoms with Crippen molar-refractivity contribution in [3.05, 3.63) is 39.7 Å². The molecule has 0 bridgehead atoms. The molecule has 0 aromatic heterocycles. The van der Waals surface area contributed by atoms with E-state index < -0.39 is 33.8 Å². The second-order valence-electron chi connectivity index (χ2n) is 4.97. The van der Waals surface area contributed by atoms with Crippen molar-refractivity contribution in [2.24, 2.45) is 0 Å². The van der Waals surface area contributed by atoms with E-state index in [-0.39, 0.29) is 5.56 Å². The highest BCUT2D eigenvalue weighted by Gasteiger charge is 2.42. The quantitative estimate of drug-likeness (QED) is 0.651. The number of benzene rings is 1. The third-order valence-corrected chi connectivity index (χ3v) is 3.62. The number of rotatable bonds is 4. The van der Waals surface area contributed by atoms with Crippen LogP contribution in [0.1, 0.15) is 36.0 Å². The summed E-state index contributed by atoms with van der Waals surface area (Å²) < 4.78 is 13.2. The summed E-state index contributed by atoms with van der Waals surface area (Å²) in [4.78, 5) is 33.1. The summed E-state index contributed by atoms with van der Waals surface area (Å²) in [5.41, 5.74) is -2.31. The molecule has 112 valence electrons. The number of carboxylic acid groups (broad SMARTS) is 1. The Balaban J connectivity index is 2.26. The van der Waals surface area contributed by atoms with Gasteiger partial charge in [-0.05, 0) is 25.0 Å². The van der Waals surface area contributed by atoms with E-state index in [2.05, 4.69) is 5.32 Å². The van der Waals surface area contributed by atoms with Crippen molar-refractivity contribution in [1.82, 2.24) is 5.32 Å². The van der Waals surface area contributed by atoms with E-state index >= 15 is 0 Å². The molecule has 1 fully saturated rings. The molecule has 1 aromatic rings. The molecular weight excluding hydrogens is 283 g/mol. The molecule has 8 heteroatoms. The number of amides is 1. The number of hydrogen-bond donors (Lipinski definition) is 2. The van der Waals surface area contributed by atoms with Crippen molar-refractivity contribution < 1.29 is 24.0 Å². The molecule has 0 atom stereocenters. The van der Waals surface area contributed by atoms with Crippen LogP contribution in [0.4, 0.5) is 10.1 Å². The van der Waals surface area contributed by atoms with Gasteiger partial charge in [0.25, 0.3) is 5.91 Å². The second kappa shape index (κ2) is 5.47. The predicted octanol–water partition coefficient (Wildman–Crippen LogP) is 1.86. The van der Waals surface area contributed by atoms with Gasteiger partial charge in [0.1, 0.15) is 5.54 Å². The summed E-state index contributed by atoms with van der Waals surface area (Å²) >= 11 is 0. The lowest BCUT2D eigenvalue weighted by atomic mass is 9.97. The van der Waals surface area contributed by atoms with Crippen LogP contribution in [0.25, 0.3) is 0 Å². The smallest absolute Gasteiger partial charge is 0.329 e. The zero-order valence-electron chi connectivity index (χ0n) is 11.0. The van der Waals surface area contributed by atoms with Crippen molar-refractivity contribution in [1.29, 1.82) is 0 Å². The standard InChI is InChI=1S/C13H13FN2O5/c14-9-4-3-8(7-10(9)16(20)21)11(17)15-13(12(18)19)5-1-2-6-13/h3-4,7H,1-2,5-6H2,(H,15,17)(H,18,19). The van der Waals surface area contributed by atoms with E-state index in [9.17, 15) is 29.2 Å². The average Bonchev–Trinajstić information content (AvgIpc) is 2.88. The Morgan fingerprint density at radius 1 is 1.33 bits per heavy atom. The number of nitro groups is 1. The molecule has 2 rings (SSSR count).